The van der Waals surface area contributed by atoms with E-state index in [4.69, 9.17) is 0 Å². The zero-order valence-corrected chi connectivity index (χ0v) is 15.8. The highest BCUT2D eigenvalue weighted by molar-refractivity contribution is 7.22. The maximum absolute atomic E-state index is 12.9. The molecular weight excluding hydrogens is 399 g/mol. The average Bonchev–Trinajstić information content (AvgIpc) is 3.16. The van der Waals surface area contributed by atoms with Gasteiger partial charge in [-0.3, -0.25) is 0 Å². The Morgan fingerprint density at radius 2 is 1.79 bits per heavy atom. The van der Waals surface area contributed by atoms with Crippen LogP contribution in [-0.4, -0.2) is 21.6 Å². The first-order chi connectivity index (χ1) is 13.9. The number of hydrogen-bond acceptors (Lipinski definition) is 5. The zero-order chi connectivity index (χ0) is 20.4. The summed E-state index contributed by atoms with van der Waals surface area (Å²) in [5, 5.41) is 14.1. The van der Waals surface area contributed by atoms with Crippen molar-refractivity contribution in [2.45, 2.75) is 12.3 Å². The van der Waals surface area contributed by atoms with Crippen LogP contribution in [0.1, 0.15) is 17.2 Å². The Hall–Kier alpha value is -2.97. The molecule has 0 radical (unpaired) electrons. The average molecular weight is 415 g/mol. The molecule has 0 spiro atoms. The fourth-order valence-corrected chi connectivity index (χ4v) is 3.99. The van der Waals surface area contributed by atoms with Crippen molar-refractivity contribution >= 4 is 27.2 Å². The number of hydrogen-bond donors (Lipinski definition) is 2. The Morgan fingerprint density at radius 1 is 1.00 bits per heavy atom. The summed E-state index contributed by atoms with van der Waals surface area (Å²) in [6.07, 6.45) is -3.68. The maximum Gasteiger partial charge on any atom is 0.416 e. The Bertz CT molecular complexity index is 1130. The molecule has 4 rings (SSSR count). The molecule has 29 heavy (non-hydrogen) atoms. The Kier molecular flexibility index (Phi) is 5.21. The molecular formula is C21H16F3N3OS. The van der Waals surface area contributed by atoms with E-state index in [1.807, 2.05) is 36.4 Å². The first kappa shape index (κ1) is 19.4. The van der Waals surface area contributed by atoms with E-state index in [9.17, 15) is 18.3 Å². The molecule has 0 aliphatic carbocycles. The van der Waals surface area contributed by atoms with Gasteiger partial charge in [-0.05, 0) is 29.1 Å². The van der Waals surface area contributed by atoms with Gasteiger partial charge in [-0.25, -0.2) is 9.97 Å². The predicted octanol–water partition coefficient (Wildman–Crippen LogP) is 5.52. The number of rotatable bonds is 5. The molecule has 148 valence electrons. The molecule has 2 N–H and O–H groups in total. The number of benzene rings is 2. The molecule has 8 heteroatoms. The summed E-state index contributed by atoms with van der Waals surface area (Å²) in [6, 6.07) is 16.5. The quantitative estimate of drug-likeness (QED) is 0.450. The van der Waals surface area contributed by atoms with E-state index >= 15 is 0 Å². The van der Waals surface area contributed by atoms with E-state index in [-0.39, 0.29) is 6.54 Å². The van der Waals surface area contributed by atoms with Gasteiger partial charge in [0.1, 0.15) is 12.1 Å². The highest BCUT2D eigenvalue weighted by atomic mass is 32.1. The number of thiophene rings is 1. The van der Waals surface area contributed by atoms with Gasteiger partial charge in [0.15, 0.2) is 0 Å². The predicted molar refractivity (Wildman–Crippen MR) is 108 cm³/mol. The Morgan fingerprint density at radius 3 is 2.55 bits per heavy atom. The summed E-state index contributed by atoms with van der Waals surface area (Å²) in [7, 11) is 0. The minimum Gasteiger partial charge on any atom is -0.387 e. The lowest BCUT2D eigenvalue weighted by Crippen LogP contribution is -2.13. The molecule has 1 atom stereocenters. The standard InChI is InChI=1S/C21H16F3N3OS/c22-21(23,24)15-7-6-14-8-19(29-18(14)9-15)16-10-20(27-12-26-16)25-11-17(28)13-4-2-1-3-5-13/h1-10,12,17,28H,11H2,(H,25,26,27)/t17-/m0/s1. The van der Waals surface area contributed by atoms with Crippen LogP contribution < -0.4 is 5.32 Å². The molecule has 0 unspecified atom stereocenters. The number of nitrogens with zero attached hydrogens (tertiary/aromatic N) is 2. The molecule has 0 amide bonds. The lowest BCUT2D eigenvalue weighted by molar-refractivity contribution is -0.137. The van der Waals surface area contributed by atoms with Crippen LogP contribution in [0.25, 0.3) is 20.7 Å². The maximum atomic E-state index is 12.9. The van der Waals surface area contributed by atoms with Gasteiger partial charge in [-0.15, -0.1) is 11.3 Å². The van der Waals surface area contributed by atoms with Crippen LogP contribution in [0.5, 0.6) is 0 Å². The lowest BCUT2D eigenvalue weighted by Gasteiger charge is -2.12. The molecule has 0 bridgehead atoms. The van der Waals surface area contributed by atoms with Crippen LogP contribution in [0, 0.1) is 0 Å². The minimum absolute atomic E-state index is 0.266. The lowest BCUT2D eigenvalue weighted by atomic mass is 10.1. The van der Waals surface area contributed by atoms with Gasteiger partial charge in [0.25, 0.3) is 0 Å². The normalized spacial score (nSPS) is 12.8. The van der Waals surface area contributed by atoms with Crippen LogP contribution in [0.4, 0.5) is 19.0 Å². The summed E-state index contributed by atoms with van der Waals surface area (Å²) >= 11 is 1.24. The second-order valence-electron chi connectivity index (χ2n) is 6.46. The number of aliphatic hydroxyl groups is 1. The van der Waals surface area contributed by atoms with Crippen LogP contribution in [0.3, 0.4) is 0 Å². The summed E-state index contributed by atoms with van der Waals surface area (Å²) < 4.78 is 39.3. The molecule has 2 aromatic carbocycles. The number of aromatic nitrogens is 2. The number of fused-ring (bicyclic) bond motifs is 1. The van der Waals surface area contributed by atoms with E-state index < -0.39 is 17.8 Å². The highest BCUT2D eigenvalue weighted by Gasteiger charge is 2.30. The fraction of sp³-hybridized carbons (Fsp3) is 0.143. The van der Waals surface area contributed by atoms with Crippen LogP contribution >= 0.6 is 11.3 Å². The number of nitrogens with one attached hydrogen (secondary N) is 1. The van der Waals surface area contributed by atoms with E-state index in [1.165, 1.54) is 23.7 Å². The van der Waals surface area contributed by atoms with Crippen molar-refractivity contribution < 1.29 is 18.3 Å². The minimum atomic E-state index is -4.37. The van der Waals surface area contributed by atoms with Crippen LogP contribution in [0.2, 0.25) is 0 Å². The van der Waals surface area contributed by atoms with Gasteiger partial charge in [0.2, 0.25) is 0 Å². The van der Waals surface area contributed by atoms with Gasteiger partial charge in [-0.1, -0.05) is 36.4 Å². The van der Waals surface area contributed by atoms with Gasteiger partial charge < -0.3 is 10.4 Å². The van der Waals surface area contributed by atoms with Gasteiger partial charge in [0, 0.05) is 17.3 Å². The van der Waals surface area contributed by atoms with Crippen molar-refractivity contribution in [2.75, 3.05) is 11.9 Å². The highest BCUT2D eigenvalue weighted by Crippen LogP contribution is 2.37. The Balaban J connectivity index is 1.54. The number of anilines is 1. The number of halogens is 3. The molecule has 0 saturated carbocycles. The summed E-state index contributed by atoms with van der Waals surface area (Å²) in [5.74, 6) is 0.526. The van der Waals surface area contributed by atoms with Crippen molar-refractivity contribution in [1.82, 2.24) is 9.97 Å². The summed E-state index contributed by atoms with van der Waals surface area (Å²) in [5.41, 5.74) is 0.726. The molecule has 2 aromatic heterocycles. The number of aliphatic hydroxyl groups excluding tert-OH is 1. The smallest absolute Gasteiger partial charge is 0.387 e. The monoisotopic (exact) mass is 415 g/mol. The summed E-state index contributed by atoms with van der Waals surface area (Å²) in [6.45, 7) is 0.266. The SMILES string of the molecule is O[C@@H](CNc1cc(-c2cc3ccc(C(F)(F)F)cc3s2)ncn1)c1ccccc1. The molecule has 0 aliphatic rings. The third-order valence-corrected chi connectivity index (χ3v) is 5.55. The van der Waals surface area contributed by atoms with Gasteiger partial charge in [-0.2, -0.15) is 13.2 Å². The second kappa shape index (κ2) is 7.81. The van der Waals surface area contributed by atoms with Crippen molar-refractivity contribution in [3.63, 3.8) is 0 Å². The molecule has 0 saturated heterocycles. The fourth-order valence-electron chi connectivity index (χ4n) is 2.92. The summed E-state index contributed by atoms with van der Waals surface area (Å²) in [4.78, 5) is 9.13. The molecule has 0 aliphatic heterocycles. The number of alkyl halides is 3. The van der Waals surface area contributed by atoms with E-state index in [0.717, 1.165) is 28.0 Å². The van der Waals surface area contributed by atoms with E-state index in [1.54, 1.807) is 6.07 Å². The largest absolute Gasteiger partial charge is 0.416 e. The molecule has 4 aromatic rings. The Labute approximate surface area is 168 Å². The van der Waals surface area contributed by atoms with E-state index in [2.05, 4.69) is 15.3 Å². The third-order valence-electron chi connectivity index (χ3n) is 4.43. The second-order valence-corrected chi connectivity index (χ2v) is 7.54. The molecule has 2 heterocycles. The van der Waals surface area contributed by atoms with Crippen molar-refractivity contribution in [3.05, 3.63) is 78.1 Å². The van der Waals surface area contributed by atoms with Crippen molar-refractivity contribution in [2.24, 2.45) is 0 Å². The third kappa shape index (κ3) is 4.38. The van der Waals surface area contributed by atoms with Crippen molar-refractivity contribution in [1.29, 1.82) is 0 Å². The molecule has 0 fully saturated rings. The van der Waals surface area contributed by atoms with Gasteiger partial charge >= 0.3 is 6.18 Å². The van der Waals surface area contributed by atoms with Crippen LogP contribution in [0.15, 0.2) is 67.0 Å². The van der Waals surface area contributed by atoms with E-state index in [0.29, 0.717) is 16.2 Å². The topological polar surface area (TPSA) is 58.0 Å². The van der Waals surface area contributed by atoms with Gasteiger partial charge in [0.05, 0.1) is 22.2 Å². The first-order valence-corrected chi connectivity index (χ1v) is 9.62. The van der Waals surface area contributed by atoms with Crippen LogP contribution in [-0.2, 0) is 6.18 Å². The first-order valence-electron chi connectivity index (χ1n) is 8.80. The van der Waals surface area contributed by atoms with Crippen molar-refractivity contribution in [3.8, 4) is 10.6 Å². The molecule has 4 nitrogen and oxygen atoms in total. The zero-order valence-electron chi connectivity index (χ0n) is 15.0.